The van der Waals surface area contributed by atoms with Gasteiger partial charge >= 0.3 is 0 Å². The summed E-state index contributed by atoms with van der Waals surface area (Å²) in [4.78, 5) is 1.86. The molecule has 0 amide bonds. The molecule has 1 aliphatic heterocycles. The maximum atomic E-state index is 14.1. The Labute approximate surface area is 118 Å². The molecule has 0 N–H and O–H groups in total. The van der Waals surface area contributed by atoms with E-state index in [1.807, 2.05) is 18.0 Å². The van der Waals surface area contributed by atoms with Crippen LogP contribution in [0.3, 0.4) is 0 Å². The van der Waals surface area contributed by atoms with Gasteiger partial charge in [-0.25, -0.2) is 13.2 Å². The van der Waals surface area contributed by atoms with Gasteiger partial charge in [-0.1, -0.05) is 15.9 Å². The summed E-state index contributed by atoms with van der Waals surface area (Å²) in [5, 5.41) is 0. The van der Waals surface area contributed by atoms with Crippen molar-refractivity contribution in [3.63, 3.8) is 0 Å². The fourth-order valence-electron chi connectivity index (χ4n) is 3.50. The highest BCUT2D eigenvalue weighted by molar-refractivity contribution is 9.10. The summed E-state index contributed by atoms with van der Waals surface area (Å²) in [6, 6.07) is 3.33. The monoisotopic (exact) mass is 333 g/mol. The van der Waals surface area contributed by atoms with E-state index >= 15 is 0 Å². The van der Waals surface area contributed by atoms with Crippen molar-refractivity contribution in [1.82, 2.24) is 0 Å². The van der Waals surface area contributed by atoms with E-state index in [2.05, 4.69) is 15.9 Å². The minimum atomic E-state index is -2.56. The molecule has 0 bridgehead atoms. The molecule has 0 aromatic heterocycles. The second kappa shape index (κ2) is 4.14. The molecular formula is C14H15BrF3N. The van der Waals surface area contributed by atoms with E-state index in [0.29, 0.717) is 29.5 Å². The Morgan fingerprint density at radius 1 is 1.16 bits per heavy atom. The predicted octanol–water partition coefficient (Wildman–Crippen LogP) is 4.49. The van der Waals surface area contributed by atoms with Crippen LogP contribution in [0.5, 0.6) is 0 Å². The van der Waals surface area contributed by atoms with Gasteiger partial charge < -0.3 is 4.90 Å². The normalized spacial score (nSPS) is 23.7. The van der Waals surface area contributed by atoms with Crippen LogP contribution in [0.1, 0.15) is 31.2 Å². The van der Waals surface area contributed by atoms with Crippen molar-refractivity contribution in [2.24, 2.45) is 0 Å². The molecule has 104 valence electrons. The van der Waals surface area contributed by atoms with E-state index in [4.69, 9.17) is 0 Å². The summed E-state index contributed by atoms with van der Waals surface area (Å²) in [5.41, 5.74) is 1.15. The van der Waals surface area contributed by atoms with Gasteiger partial charge in [0, 0.05) is 36.3 Å². The van der Waals surface area contributed by atoms with Gasteiger partial charge in [-0.05, 0) is 30.5 Å². The van der Waals surface area contributed by atoms with Crippen LogP contribution in [-0.2, 0) is 5.41 Å². The van der Waals surface area contributed by atoms with E-state index in [1.165, 1.54) is 6.07 Å². The summed E-state index contributed by atoms with van der Waals surface area (Å²) in [5.74, 6) is -2.84. The van der Waals surface area contributed by atoms with Crippen LogP contribution in [0.4, 0.5) is 18.9 Å². The van der Waals surface area contributed by atoms with Crippen LogP contribution < -0.4 is 4.90 Å². The Balaban J connectivity index is 2.05. The van der Waals surface area contributed by atoms with Crippen LogP contribution in [0.25, 0.3) is 0 Å². The number of nitrogens with zero attached hydrogens (tertiary/aromatic N) is 1. The number of rotatable bonds is 0. The Morgan fingerprint density at radius 3 is 2.42 bits per heavy atom. The smallest absolute Gasteiger partial charge is 0.248 e. The minimum absolute atomic E-state index is 0.103. The SMILES string of the molecule is CN1CC2(CCC(F)(F)CC2)c2cc(Br)cc(F)c21. The van der Waals surface area contributed by atoms with Crippen LogP contribution in [0.15, 0.2) is 16.6 Å². The van der Waals surface area contributed by atoms with Crippen LogP contribution >= 0.6 is 15.9 Å². The standard InChI is InChI=1S/C14H15BrF3N/c1-19-8-13(2-4-14(17,18)5-3-13)10-6-9(15)7-11(16)12(10)19/h6-7H,2-5,8H2,1H3. The lowest BCUT2D eigenvalue weighted by Crippen LogP contribution is -2.39. The molecule has 1 saturated carbocycles. The number of anilines is 1. The number of likely N-dealkylation sites (N-methyl/N-ethyl adjacent to an activating group) is 1. The highest BCUT2D eigenvalue weighted by Crippen LogP contribution is 2.53. The molecule has 5 heteroatoms. The zero-order chi connectivity index (χ0) is 13.8. The van der Waals surface area contributed by atoms with Gasteiger partial charge in [-0.15, -0.1) is 0 Å². The van der Waals surface area contributed by atoms with Crippen molar-refractivity contribution < 1.29 is 13.2 Å². The highest BCUT2D eigenvalue weighted by atomic mass is 79.9. The lowest BCUT2D eigenvalue weighted by molar-refractivity contribution is -0.0499. The zero-order valence-corrected chi connectivity index (χ0v) is 12.2. The van der Waals surface area contributed by atoms with Crippen molar-refractivity contribution in [1.29, 1.82) is 0 Å². The first-order valence-corrected chi connectivity index (χ1v) is 7.21. The van der Waals surface area contributed by atoms with Gasteiger partial charge in [-0.3, -0.25) is 0 Å². The lowest BCUT2D eigenvalue weighted by atomic mass is 9.69. The second-order valence-corrected chi connectivity index (χ2v) is 6.69. The average Bonchev–Trinajstić information content (AvgIpc) is 2.57. The van der Waals surface area contributed by atoms with E-state index in [0.717, 1.165) is 5.56 Å². The number of fused-ring (bicyclic) bond motifs is 2. The predicted molar refractivity (Wildman–Crippen MR) is 72.5 cm³/mol. The minimum Gasteiger partial charge on any atom is -0.371 e. The Hall–Kier alpha value is -0.710. The quantitative estimate of drug-likeness (QED) is 0.676. The van der Waals surface area contributed by atoms with Gasteiger partial charge in [0.2, 0.25) is 5.92 Å². The molecule has 0 radical (unpaired) electrons. The Bertz CT molecular complexity index is 520. The Morgan fingerprint density at radius 2 is 1.79 bits per heavy atom. The van der Waals surface area contributed by atoms with Gasteiger partial charge in [-0.2, -0.15) is 0 Å². The topological polar surface area (TPSA) is 3.24 Å². The van der Waals surface area contributed by atoms with Crippen molar-refractivity contribution in [2.75, 3.05) is 18.5 Å². The number of hydrogen-bond acceptors (Lipinski definition) is 1. The van der Waals surface area contributed by atoms with Crippen molar-refractivity contribution in [3.05, 3.63) is 28.0 Å². The first-order chi connectivity index (χ1) is 8.83. The summed E-state index contributed by atoms with van der Waals surface area (Å²) in [7, 11) is 1.83. The van der Waals surface area contributed by atoms with E-state index in [9.17, 15) is 13.2 Å². The number of hydrogen-bond donors (Lipinski definition) is 0. The molecule has 1 nitrogen and oxygen atoms in total. The van der Waals surface area contributed by atoms with E-state index in [-0.39, 0.29) is 24.1 Å². The van der Waals surface area contributed by atoms with Gasteiger partial charge in [0.05, 0.1) is 5.69 Å². The molecule has 19 heavy (non-hydrogen) atoms. The lowest BCUT2D eigenvalue weighted by Gasteiger charge is -2.37. The molecule has 3 rings (SSSR count). The van der Waals surface area contributed by atoms with Crippen LogP contribution in [0, 0.1) is 5.82 Å². The summed E-state index contributed by atoms with van der Waals surface area (Å²) < 4.78 is 41.5. The van der Waals surface area contributed by atoms with Crippen LogP contribution in [0.2, 0.25) is 0 Å². The third-order valence-corrected chi connectivity index (χ3v) is 4.92. The summed E-state index contributed by atoms with van der Waals surface area (Å²) >= 11 is 3.30. The fraction of sp³-hybridized carbons (Fsp3) is 0.571. The van der Waals surface area contributed by atoms with Gasteiger partial charge in [0.15, 0.2) is 0 Å². The highest BCUT2D eigenvalue weighted by Gasteiger charge is 2.49. The molecule has 2 aliphatic rings. The summed E-state index contributed by atoms with van der Waals surface area (Å²) in [6.45, 7) is 0.631. The largest absolute Gasteiger partial charge is 0.371 e. The molecule has 1 aliphatic carbocycles. The second-order valence-electron chi connectivity index (χ2n) is 5.78. The van der Waals surface area contributed by atoms with Crippen LogP contribution in [-0.4, -0.2) is 19.5 Å². The molecule has 0 atom stereocenters. The molecule has 1 spiro atoms. The third kappa shape index (κ3) is 2.06. The first kappa shape index (κ1) is 13.3. The third-order valence-electron chi connectivity index (χ3n) is 4.46. The molecule has 1 aromatic carbocycles. The molecular weight excluding hydrogens is 319 g/mol. The van der Waals surface area contributed by atoms with Crippen molar-refractivity contribution in [2.45, 2.75) is 37.0 Å². The molecule has 0 saturated heterocycles. The first-order valence-electron chi connectivity index (χ1n) is 6.42. The van der Waals surface area contributed by atoms with Crippen molar-refractivity contribution >= 4 is 21.6 Å². The molecule has 1 fully saturated rings. The van der Waals surface area contributed by atoms with E-state index in [1.54, 1.807) is 0 Å². The molecule has 1 aromatic rings. The van der Waals surface area contributed by atoms with Crippen molar-refractivity contribution in [3.8, 4) is 0 Å². The number of halogens is 4. The number of alkyl halides is 2. The number of benzene rings is 1. The zero-order valence-electron chi connectivity index (χ0n) is 10.6. The summed E-state index contributed by atoms with van der Waals surface area (Å²) in [6.07, 6.45) is 0.642. The average molecular weight is 334 g/mol. The van der Waals surface area contributed by atoms with E-state index < -0.39 is 5.92 Å². The van der Waals surface area contributed by atoms with Gasteiger partial charge in [0.25, 0.3) is 0 Å². The van der Waals surface area contributed by atoms with Gasteiger partial charge in [0.1, 0.15) is 5.82 Å². The fourth-order valence-corrected chi connectivity index (χ4v) is 3.93. The molecule has 1 heterocycles. The maximum absolute atomic E-state index is 14.1. The maximum Gasteiger partial charge on any atom is 0.248 e. The molecule has 0 unspecified atom stereocenters. The Kier molecular flexibility index (Phi) is 2.89.